The van der Waals surface area contributed by atoms with Gasteiger partial charge in [0.1, 0.15) is 24.8 Å². The molecule has 0 heterocycles. The van der Waals surface area contributed by atoms with E-state index in [2.05, 4.69) is 0 Å². The van der Waals surface area contributed by atoms with Crippen molar-refractivity contribution in [2.75, 3.05) is 19.9 Å². The standard InChI is InChI=1S/C16H16ClFO2/c17-14-3-1-13(2-4-14)9-11-19-15-5-7-16(8-6-15)20-12-10-18/h1-8H,9-12H2. The Bertz CT molecular complexity index is 511. The summed E-state index contributed by atoms with van der Waals surface area (Å²) in [5.41, 5.74) is 1.18. The van der Waals surface area contributed by atoms with Crippen molar-refractivity contribution in [1.82, 2.24) is 0 Å². The molecule has 2 rings (SSSR count). The Kier molecular flexibility index (Phi) is 5.69. The largest absolute Gasteiger partial charge is 0.493 e. The molecule has 2 aromatic rings. The van der Waals surface area contributed by atoms with Gasteiger partial charge in [-0.25, -0.2) is 4.39 Å². The molecule has 0 aliphatic rings. The number of alkyl halides is 1. The Hall–Kier alpha value is -1.74. The molecular weight excluding hydrogens is 279 g/mol. The topological polar surface area (TPSA) is 18.5 Å². The Morgan fingerprint density at radius 1 is 0.800 bits per heavy atom. The third-order valence-electron chi connectivity index (χ3n) is 2.74. The number of hydrogen-bond donors (Lipinski definition) is 0. The molecule has 0 bridgehead atoms. The Balaban J connectivity index is 1.77. The van der Waals surface area contributed by atoms with Crippen molar-refractivity contribution in [1.29, 1.82) is 0 Å². The Morgan fingerprint density at radius 2 is 1.35 bits per heavy atom. The van der Waals surface area contributed by atoms with Crippen molar-refractivity contribution in [3.05, 3.63) is 59.1 Å². The van der Waals surface area contributed by atoms with Crippen LogP contribution in [-0.2, 0) is 6.42 Å². The molecule has 0 amide bonds. The van der Waals surface area contributed by atoms with Crippen molar-refractivity contribution in [2.45, 2.75) is 6.42 Å². The van der Waals surface area contributed by atoms with Gasteiger partial charge in [-0.15, -0.1) is 0 Å². The monoisotopic (exact) mass is 294 g/mol. The maximum Gasteiger partial charge on any atom is 0.123 e. The highest BCUT2D eigenvalue weighted by atomic mass is 35.5. The first-order valence-electron chi connectivity index (χ1n) is 6.44. The molecule has 0 saturated carbocycles. The third kappa shape index (κ3) is 4.74. The van der Waals surface area contributed by atoms with E-state index in [1.807, 2.05) is 36.4 Å². The first-order chi connectivity index (χ1) is 9.78. The van der Waals surface area contributed by atoms with E-state index in [9.17, 15) is 4.39 Å². The van der Waals surface area contributed by atoms with Crippen LogP contribution in [0.4, 0.5) is 4.39 Å². The Morgan fingerprint density at radius 3 is 1.90 bits per heavy atom. The molecule has 0 atom stereocenters. The van der Waals surface area contributed by atoms with Crippen LogP contribution in [0, 0.1) is 0 Å². The summed E-state index contributed by atoms with van der Waals surface area (Å²) < 4.78 is 22.7. The van der Waals surface area contributed by atoms with Crippen LogP contribution >= 0.6 is 11.6 Å². The summed E-state index contributed by atoms with van der Waals surface area (Å²) in [5, 5.41) is 0.735. The molecule has 106 valence electrons. The van der Waals surface area contributed by atoms with Crippen molar-refractivity contribution in [2.24, 2.45) is 0 Å². The second kappa shape index (κ2) is 7.75. The number of halogens is 2. The van der Waals surface area contributed by atoms with E-state index in [0.717, 1.165) is 17.2 Å². The molecule has 2 aromatic carbocycles. The number of rotatable bonds is 7. The smallest absolute Gasteiger partial charge is 0.123 e. The van der Waals surface area contributed by atoms with E-state index in [1.165, 1.54) is 5.56 Å². The lowest BCUT2D eigenvalue weighted by Gasteiger charge is -2.08. The highest BCUT2D eigenvalue weighted by Crippen LogP contribution is 2.18. The highest BCUT2D eigenvalue weighted by Gasteiger charge is 1.98. The lowest BCUT2D eigenvalue weighted by molar-refractivity contribution is 0.272. The lowest BCUT2D eigenvalue weighted by atomic mass is 10.2. The number of hydrogen-bond acceptors (Lipinski definition) is 2. The van der Waals surface area contributed by atoms with Crippen LogP contribution in [0.1, 0.15) is 5.56 Å². The summed E-state index contributed by atoms with van der Waals surface area (Å²) in [5.74, 6) is 1.42. The summed E-state index contributed by atoms with van der Waals surface area (Å²) in [4.78, 5) is 0. The zero-order chi connectivity index (χ0) is 14.2. The van der Waals surface area contributed by atoms with Gasteiger partial charge in [0.15, 0.2) is 0 Å². The van der Waals surface area contributed by atoms with E-state index < -0.39 is 6.67 Å². The van der Waals surface area contributed by atoms with E-state index in [0.29, 0.717) is 12.4 Å². The first-order valence-corrected chi connectivity index (χ1v) is 6.82. The van der Waals surface area contributed by atoms with Gasteiger partial charge in [0, 0.05) is 11.4 Å². The van der Waals surface area contributed by atoms with Gasteiger partial charge in [-0.05, 0) is 42.0 Å². The van der Waals surface area contributed by atoms with Crippen LogP contribution in [0.5, 0.6) is 11.5 Å². The van der Waals surface area contributed by atoms with Crippen LogP contribution in [-0.4, -0.2) is 19.9 Å². The van der Waals surface area contributed by atoms with Crippen LogP contribution in [0.3, 0.4) is 0 Å². The van der Waals surface area contributed by atoms with Gasteiger partial charge < -0.3 is 9.47 Å². The highest BCUT2D eigenvalue weighted by molar-refractivity contribution is 6.30. The molecule has 0 N–H and O–H groups in total. The molecule has 0 spiro atoms. The average molecular weight is 295 g/mol. The first kappa shape index (κ1) is 14.7. The van der Waals surface area contributed by atoms with E-state index >= 15 is 0 Å². The summed E-state index contributed by atoms with van der Waals surface area (Å²) in [7, 11) is 0. The molecule has 0 aliphatic carbocycles. The van der Waals surface area contributed by atoms with Gasteiger partial charge >= 0.3 is 0 Å². The molecule has 0 saturated heterocycles. The maximum absolute atomic E-state index is 12.0. The van der Waals surface area contributed by atoms with Crippen LogP contribution in [0.15, 0.2) is 48.5 Å². The zero-order valence-electron chi connectivity index (χ0n) is 11.0. The predicted octanol–water partition coefficient (Wildman–Crippen LogP) is 4.31. The van der Waals surface area contributed by atoms with Crippen molar-refractivity contribution in [3.63, 3.8) is 0 Å². The molecule has 0 fully saturated rings. The predicted molar refractivity (Wildman–Crippen MR) is 78.6 cm³/mol. The number of ether oxygens (including phenoxy) is 2. The minimum atomic E-state index is -0.487. The average Bonchev–Trinajstić information content (AvgIpc) is 2.48. The molecule has 2 nitrogen and oxygen atoms in total. The van der Waals surface area contributed by atoms with E-state index in [4.69, 9.17) is 21.1 Å². The molecule has 0 radical (unpaired) electrons. The Labute approximate surface area is 123 Å². The van der Waals surface area contributed by atoms with Crippen molar-refractivity contribution in [3.8, 4) is 11.5 Å². The minimum Gasteiger partial charge on any atom is -0.493 e. The quantitative estimate of drug-likeness (QED) is 0.757. The van der Waals surface area contributed by atoms with Crippen LogP contribution in [0.2, 0.25) is 5.02 Å². The van der Waals surface area contributed by atoms with Gasteiger partial charge in [0.2, 0.25) is 0 Å². The maximum atomic E-state index is 12.0. The third-order valence-corrected chi connectivity index (χ3v) is 2.99. The lowest BCUT2D eigenvalue weighted by Crippen LogP contribution is -2.02. The normalized spacial score (nSPS) is 10.3. The van der Waals surface area contributed by atoms with Crippen LogP contribution in [0.25, 0.3) is 0 Å². The summed E-state index contributed by atoms with van der Waals surface area (Å²) in [6.07, 6.45) is 0.817. The molecule has 4 heteroatoms. The van der Waals surface area contributed by atoms with Gasteiger partial charge in [-0.3, -0.25) is 0 Å². The fourth-order valence-electron chi connectivity index (χ4n) is 1.73. The number of benzene rings is 2. The fourth-order valence-corrected chi connectivity index (χ4v) is 1.85. The summed E-state index contributed by atoms with van der Waals surface area (Å²) in [6.45, 7) is 0.183. The molecule has 20 heavy (non-hydrogen) atoms. The van der Waals surface area contributed by atoms with E-state index in [1.54, 1.807) is 12.1 Å². The van der Waals surface area contributed by atoms with Crippen molar-refractivity contribution < 1.29 is 13.9 Å². The SMILES string of the molecule is FCCOc1ccc(OCCc2ccc(Cl)cc2)cc1. The van der Waals surface area contributed by atoms with Gasteiger partial charge in [-0.1, -0.05) is 23.7 Å². The van der Waals surface area contributed by atoms with Gasteiger partial charge in [-0.2, -0.15) is 0 Å². The molecule has 0 aliphatic heterocycles. The molecular formula is C16H16ClFO2. The van der Waals surface area contributed by atoms with Crippen LogP contribution < -0.4 is 9.47 Å². The fraction of sp³-hybridized carbons (Fsp3) is 0.250. The molecule has 0 aromatic heterocycles. The van der Waals surface area contributed by atoms with Gasteiger partial charge in [0.25, 0.3) is 0 Å². The molecule has 0 unspecified atom stereocenters. The zero-order valence-corrected chi connectivity index (χ0v) is 11.8. The summed E-state index contributed by atoms with van der Waals surface area (Å²) in [6, 6.07) is 14.9. The van der Waals surface area contributed by atoms with Crippen molar-refractivity contribution >= 4 is 11.6 Å². The second-order valence-corrected chi connectivity index (χ2v) is 4.67. The minimum absolute atomic E-state index is 0.0801. The van der Waals surface area contributed by atoms with Gasteiger partial charge in [0.05, 0.1) is 6.61 Å². The second-order valence-electron chi connectivity index (χ2n) is 4.23. The summed E-state index contributed by atoms with van der Waals surface area (Å²) >= 11 is 5.83. The van der Waals surface area contributed by atoms with E-state index in [-0.39, 0.29) is 6.61 Å².